The normalized spacial score (nSPS) is 24.0. The Morgan fingerprint density at radius 1 is 1.38 bits per heavy atom. The number of aromatic nitrogens is 2. The largest absolute Gasteiger partial charge is 0.368 e. The second-order valence-corrected chi connectivity index (χ2v) is 8.35. The van der Waals surface area contributed by atoms with Gasteiger partial charge in [0.15, 0.2) is 15.8 Å². The predicted octanol–water partition coefficient (Wildman–Crippen LogP) is 2.10. The monoisotopic (exact) mass is 328 g/mol. The second kappa shape index (κ2) is 5.26. The lowest BCUT2D eigenvalue weighted by Gasteiger charge is -2.16. The van der Waals surface area contributed by atoms with Gasteiger partial charge in [0.1, 0.15) is 0 Å². The smallest absolute Gasteiger partial charge is 0.262 e. The summed E-state index contributed by atoms with van der Waals surface area (Å²) in [7, 11) is -3.53. The van der Waals surface area contributed by atoms with E-state index in [4.69, 9.17) is 0 Å². The molecule has 2 aromatic rings. The van der Waals surface area contributed by atoms with Gasteiger partial charge in [-0.25, -0.2) is 13.4 Å². The van der Waals surface area contributed by atoms with Gasteiger partial charge in [-0.1, -0.05) is 13.8 Å². The topological polar surface area (TPSA) is 66.7 Å². The SMILES string of the molecule is CCNc1nc2sccn2c1S(=O)(=O)N1CC(C)C(C)C1. The molecule has 0 radical (unpaired) electrons. The average Bonchev–Trinajstić information content (AvgIpc) is 3.05. The van der Waals surface area contributed by atoms with Crippen molar-refractivity contribution in [2.75, 3.05) is 25.0 Å². The first kappa shape index (κ1) is 14.8. The minimum Gasteiger partial charge on any atom is -0.368 e. The van der Waals surface area contributed by atoms with Crippen LogP contribution >= 0.6 is 11.3 Å². The van der Waals surface area contributed by atoms with Crippen LogP contribution in [0.4, 0.5) is 5.82 Å². The van der Waals surface area contributed by atoms with E-state index < -0.39 is 10.0 Å². The van der Waals surface area contributed by atoms with Crippen molar-refractivity contribution >= 4 is 32.1 Å². The first-order valence-corrected chi connectivity index (χ1v) is 9.46. The van der Waals surface area contributed by atoms with Gasteiger partial charge in [0.25, 0.3) is 10.0 Å². The molecule has 8 heteroatoms. The maximum atomic E-state index is 13.0. The lowest BCUT2D eigenvalue weighted by molar-refractivity contribution is 0.460. The lowest BCUT2D eigenvalue weighted by atomic mass is 10.0. The molecule has 1 fully saturated rings. The molecular weight excluding hydrogens is 308 g/mol. The van der Waals surface area contributed by atoms with Crippen molar-refractivity contribution < 1.29 is 8.42 Å². The van der Waals surface area contributed by atoms with Crippen molar-refractivity contribution in [2.24, 2.45) is 11.8 Å². The van der Waals surface area contributed by atoms with E-state index in [0.29, 0.717) is 42.2 Å². The fourth-order valence-electron chi connectivity index (χ4n) is 2.69. The minimum atomic E-state index is -3.53. The molecule has 2 unspecified atom stereocenters. The summed E-state index contributed by atoms with van der Waals surface area (Å²) in [5.74, 6) is 1.22. The highest BCUT2D eigenvalue weighted by atomic mass is 32.2. The minimum absolute atomic E-state index is 0.266. The molecule has 0 aliphatic carbocycles. The average molecular weight is 328 g/mol. The standard InChI is InChI=1S/C13H20N4O2S2/c1-4-14-11-12(17-5-6-20-13(17)15-11)21(18,19)16-7-9(2)10(3)8-16/h5-6,9-10,14H,4,7-8H2,1-3H3. The second-order valence-electron chi connectivity index (χ2n) is 5.63. The van der Waals surface area contributed by atoms with Crippen LogP contribution in [0, 0.1) is 11.8 Å². The van der Waals surface area contributed by atoms with E-state index >= 15 is 0 Å². The van der Waals surface area contributed by atoms with Crippen LogP contribution in [0.2, 0.25) is 0 Å². The van der Waals surface area contributed by atoms with Gasteiger partial charge in [0.2, 0.25) is 0 Å². The molecule has 2 aromatic heterocycles. The molecular formula is C13H20N4O2S2. The fraction of sp³-hybridized carbons (Fsp3) is 0.615. The molecule has 1 aliphatic heterocycles. The van der Waals surface area contributed by atoms with Crippen LogP contribution in [0.5, 0.6) is 0 Å². The number of rotatable bonds is 4. The maximum absolute atomic E-state index is 13.0. The van der Waals surface area contributed by atoms with Crippen LogP contribution < -0.4 is 5.32 Å². The number of nitrogens with one attached hydrogen (secondary N) is 1. The number of fused-ring (bicyclic) bond motifs is 1. The highest BCUT2D eigenvalue weighted by Gasteiger charge is 2.38. The molecule has 2 atom stereocenters. The fourth-order valence-corrected chi connectivity index (χ4v) is 5.33. The van der Waals surface area contributed by atoms with Crippen LogP contribution in [-0.4, -0.2) is 41.7 Å². The van der Waals surface area contributed by atoms with E-state index in [1.165, 1.54) is 11.3 Å². The molecule has 1 saturated heterocycles. The van der Waals surface area contributed by atoms with Crippen LogP contribution in [0.15, 0.2) is 16.6 Å². The summed E-state index contributed by atoms with van der Waals surface area (Å²) >= 11 is 1.44. The predicted molar refractivity (Wildman–Crippen MR) is 84.3 cm³/mol. The summed E-state index contributed by atoms with van der Waals surface area (Å²) in [6, 6.07) is 0. The van der Waals surface area contributed by atoms with E-state index in [9.17, 15) is 8.42 Å². The van der Waals surface area contributed by atoms with E-state index in [2.05, 4.69) is 24.1 Å². The Morgan fingerprint density at radius 3 is 2.67 bits per heavy atom. The van der Waals surface area contributed by atoms with Crippen molar-refractivity contribution in [3.05, 3.63) is 11.6 Å². The molecule has 1 N–H and O–H groups in total. The number of sulfonamides is 1. The number of hydrogen-bond donors (Lipinski definition) is 1. The van der Waals surface area contributed by atoms with Gasteiger partial charge in [0.05, 0.1) is 0 Å². The van der Waals surface area contributed by atoms with Crippen LogP contribution in [-0.2, 0) is 10.0 Å². The van der Waals surface area contributed by atoms with E-state index in [1.807, 2.05) is 12.3 Å². The number of nitrogens with zero attached hydrogens (tertiary/aromatic N) is 3. The van der Waals surface area contributed by atoms with Crippen molar-refractivity contribution in [3.8, 4) is 0 Å². The van der Waals surface area contributed by atoms with Gasteiger partial charge in [-0.05, 0) is 18.8 Å². The molecule has 0 aromatic carbocycles. The van der Waals surface area contributed by atoms with Crippen molar-refractivity contribution in [3.63, 3.8) is 0 Å². The zero-order valence-corrected chi connectivity index (χ0v) is 14.0. The van der Waals surface area contributed by atoms with Gasteiger partial charge in [-0.3, -0.25) is 4.40 Å². The zero-order valence-electron chi connectivity index (χ0n) is 12.4. The summed E-state index contributed by atoms with van der Waals surface area (Å²) in [5, 5.41) is 5.19. The third kappa shape index (κ3) is 2.35. The maximum Gasteiger partial charge on any atom is 0.262 e. The van der Waals surface area contributed by atoms with Crippen molar-refractivity contribution in [2.45, 2.75) is 25.8 Å². The van der Waals surface area contributed by atoms with Crippen molar-refractivity contribution in [1.29, 1.82) is 0 Å². The molecule has 0 spiro atoms. The third-order valence-corrected chi connectivity index (χ3v) is 6.71. The van der Waals surface area contributed by atoms with Crippen molar-refractivity contribution in [1.82, 2.24) is 13.7 Å². The third-order valence-electron chi connectivity index (χ3n) is 4.10. The molecule has 0 saturated carbocycles. The highest BCUT2D eigenvalue weighted by molar-refractivity contribution is 7.89. The number of imidazole rings is 1. The molecule has 3 heterocycles. The Morgan fingerprint density at radius 2 is 2.05 bits per heavy atom. The lowest BCUT2D eigenvalue weighted by Crippen LogP contribution is -2.30. The van der Waals surface area contributed by atoms with Gasteiger partial charge in [-0.15, -0.1) is 11.3 Å². The highest BCUT2D eigenvalue weighted by Crippen LogP contribution is 2.32. The first-order chi connectivity index (χ1) is 9.95. The summed E-state index contributed by atoms with van der Waals surface area (Å²) in [6.07, 6.45) is 1.77. The quantitative estimate of drug-likeness (QED) is 0.933. The van der Waals surface area contributed by atoms with E-state index in [0.717, 1.165) is 0 Å². The number of thiazole rings is 1. The summed E-state index contributed by atoms with van der Waals surface area (Å²) in [4.78, 5) is 5.10. The zero-order chi connectivity index (χ0) is 15.2. The number of anilines is 1. The van der Waals surface area contributed by atoms with E-state index in [-0.39, 0.29) is 5.03 Å². The molecule has 0 amide bonds. The van der Waals surface area contributed by atoms with E-state index in [1.54, 1.807) is 14.9 Å². The molecule has 1 aliphatic rings. The Labute approximate surface area is 128 Å². The summed E-state index contributed by atoms with van der Waals surface area (Å²) in [6.45, 7) is 7.92. The summed E-state index contributed by atoms with van der Waals surface area (Å²) < 4.78 is 29.3. The van der Waals surface area contributed by atoms with Crippen LogP contribution in [0.25, 0.3) is 4.96 Å². The Balaban J connectivity index is 2.09. The van der Waals surface area contributed by atoms with Gasteiger partial charge >= 0.3 is 0 Å². The summed E-state index contributed by atoms with van der Waals surface area (Å²) in [5.41, 5.74) is 0. The first-order valence-electron chi connectivity index (χ1n) is 7.14. The van der Waals surface area contributed by atoms with Gasteiger partial charge < -0.3 is 5.32 Å². The molecule has 116 valence electrons. The molecule has 3 rings (SSSR count). The van der Waals surface area contributed by atoms with Crippen LogP contribution in [0.3, 0.4) is 0 Å². The van der Waals surface area contributed by atoms with Gasteiger partial charge in [0, 0.05) is 31.2 Å². The Hall–Kier alpha value is -1.12. The van der Waals surface area contributed by atoms with Gasteiger partial charge in [-0.2, -0.15) is 4.31 Å². The molecule has 21 heavy (non-hydrogen) atoms. The number of hydrogen-bond acceptors (Lipinski definition) is 5. The Kier molecular flexibility index (Phi) is 3.71. The molecule has 6 nitrogen and oxygen atoms in total. The van der Waals surface area contributed by atoms with Crippen LogP contribution in [0.1, 0.15) is 20.8 Å². The molecule has 0 bridgehead atoms. The Bertz CT molecular complexity index is 739.